The van der Waals surface area contributed by atoms with Gasteiger partial charge < -0.3 is 10.6 Å². The predicted molar refractivity (Wildman–Crippen MR) is 68.0 cm³/mol. The van der Waals surface area contributed by atoms with Crippen molar-refractivity contribution in [2.24, 2.45) is 0 Å². The summed E-state index contributed by atoms with van der Waals surface area (Å²) in [6, 6.07) is 0. The summed E-state index contributed by atoms with van der Waals surface area (Å²) in [7, 11) is 0. The number of aromatic nitrogens is 2. The lowest BCUT2D eigenvalue weighted by atomic mass is 10.3. The van der Waals surface area contributed by atoms with Crippen molar-refractivity contribution in [3.8, 4) is 0 Å². The molecule has 0 saturated heterocycles. The smallest absolute Gasteiger partial charge is 0.324 e. The Morgan fingerprint density at radius 3 is 2.63 bits per heavy atom. The van der Waals surface area contributed by atoms with Gasteiger partial charge in [-0.25, -0.2) is 13.8 Å². The third-order valence-electron chi connectivity index (χ3n) is 2.09. The molecule has 0 bridgehead atoms. The van der Waals surface area contributed by atoms with E-state index in [-0.39, 0.29) is 11.8 Å². The Bertz CT molecular complexity index is 417. The molecule has 1 aromatic rings. The van der Waals surface area contributed by atoms with Crippen LogP contribution in [0.5, 0.6) is 0 Å². The Balaban J connectivity index is 2.71. The number of nitrogens with one attached hydrogen (secondary N) is 2. The van der Waals surface area contributed by atoms with Crippen molar-refractivity contribution >= 4 is 27.7 Å². The molecule has 108 valence electrons. The second-order valence-corrected chi connectivity index (χ2v) is 4.59. The normalized spacial score (nSPS) is 11.7. The minimum atomic E-state index is -4.11. The number of hydrogen-bond acceptors (Lipinski definition) is 4. The average molecular weight is 345 g/mol. The van der Waals surface area contributed by atoms with E-state index in [0.717, 1.165) is 6.42 Å². The number of hydrogen-bond donors (Lipinski definition) is 2. The van der Waals surface area contributed by atoms with Crippen molar-refractivity contribution in [2.45, 2.75) is 25.7 Å². The summed E-state index contributed by atoms with van der Waals surface area (Å²) < 4.78 is 49.9. The summed E-state index contributed by atoms with van der Waals surface area (Å²) in [6.07, 6.45) is -1.53. The highest BCUT2D eigenvalue weighted by Gasteiger charge is 2.40. The SMILES string of the molecule is CCCNc1ncc(Br)c(NCC(F)(F)C(F)F)n1. The fraction of sp³-hybridized carbons (Fsp3) is 0.600. The molecule has 0 spiro atoms. The maximum Gasteiger partial charge on any atom is 0.324 e. The van der Waals surface area contributed by atoms with Crippen molar-refractivity contribution in [3.63, 3.8) is 0 Å². The summed E-state index contributed by atoms with van der Waals surface area (Å²) in [4.78, 5) is 7.83. The van der Waals surface area contributed by atoms with Crippen LogP contribution in [-0.2, 0) is 0 Å². The standard InChI is InChI=1S/C10H13BrF4N4/c1-2-3-16-9-17-4-6(11)7(19-9)18-5-10(14,15)8(12)13/h4,8H,2-3,5H2,1H3,(H2,16,17,18,19). The van der Waals surface area contributed by atoms with Crippen LogP contribution >= 0.6 is 15.9 Å². The van der Waals surface area contributed by atoms with E-state index in [4.69, 9.17) is 0 Å². The number of anilines is 2. The quantitative estimate of drug-likeness (QED) is 0.744. The van der Waals surface area contributed by atoms with E-state index < -0.39 is 18.9 Å². The van der Waals surface area contributed by atoms with Crippen LogP contribution in [0.2, 0.25) is 0 Å². The highest BCUT2D eigenvalue weighted by molar-refractivity contribution is 9.10. The van der Waals surface area contributed by atoms with Gasteiger partial charge in [-0.05, 0) is 22.4 Å². The van der Waals surface area contributed by atoms with Crippen molar-refractivity contribution in [1.29, 1.82) is 0 Å². The zero-order chi connectivity index (χ0) is 14.5. The van der Waals surface area contributed by atoms with E-state index in [0.29, 0.717) is 11.0 Å². The maximum atomic E-state index is 12.8. The Hall–Kier alpha value is -1.12. The summed E-state index contributed by atoms with van der Waals surface area (Å²) >= 11 is 3.06. The van der Waals surface area contributed by atoms with Crippen LogP contribution in [0.4, 0.5) is 29.3 Å². The molecule has 0 aliphatic rings. The zero-order valence-corrected chi connectivity index (χ0v) is 11.6. The van der Waals surface area contributed by atoms with Crippen molar-refractivity contribution in [3.05, 3.63) is 10.7 Å². The second-order valence-electron chi connectivity index (χ2n) is 3.73. The molecule has 1 heterocycles. The van der Waals surface area contributed by atoms with Gasteiger partial charge in [0.05, 0.1) is 11.0 Å². The van der Waals surface area contributed by atoms with Crippen LogP contribution in [0.15, 0.2) is 10.7 Å². The van der Waals surface area contributed by atoms with Gasteiger partial charge in [-0.2, -0.15) is 13.8 Å². The molecule has 1 rings (SSSR count). The maximum absolute atomic E-state index is 12.8. The van der Waals surface area contributed by atoms with Crippen LogP contribution < -0.4 is 10.6 Å². The van der Waals surface area contributed by atoms with Gasteiger partial charge in [-0.15, -0.1) is 0 Å². The summed E-state index contributed by atoms with van der Waals surface area (Å²) in [6.45, 7) is 1.36. The number of nitrogens with zero attached hydrogens (tertiary/aromatic N) is 2. The Morgan fingerprint density at radius 1 is 1.37 bits per heavy atom. The fourth-order valence-corrected chi connectivity index (χ4v) is 1.42. The fourth-order valence-electron chi connectivity index (χ4n) is 1.09. The molecular formula is C10H13BrF4N4. The highest BCUT2D eigenvalue weighted by Crippen LogP contribution is 2.25. The molecule has 0 aliphatic heterocycles. The first-order chi connectivity index (χ1) is 8.86. The molecule has 0 aliphatic carbocycles. The molecule has 0 aromatic carbocycles. The van der Waals surface area contributed by atoms with Gasteiger partial charge in [0.15, 0.2) is 0 Å². The Morgan fingerprint density at radius 2 is 2.05 bits per heavy atom. The molecule has 0 amide bonds. The van der Waals surface area contributed by atoms with Gasteiger partial charge >= 0.3 is 12.3 Å². The molecule has 0 atom stereocenters. The van der Waals surface area contributed by atoms with E-state index in [2.05, 4.69) is 36.5 Å². The Labute approximate surface area is 116 Å². The lowest BCUT2D eigenvalue weighted by Crippen LogP contribution is -2.35. The summed E-state index contributed by atoms with van der Waals surface area (Å²) in [5.41, 5.74) is 0. The lowest BCUT2D eigenvalue weighted by Gasteiger charge is -2.17. The molecule has 1 aromatic heterocycles. The van der Waals surface area contributed by atoms with Crippen LogP contribution in [-0.4, -0.2) is 35.4 Å². The summed E-state index contributed by atoms with van der Waals surface area (Å²) in [5, 5.41) is 5.05. The Kier molecular flexibility index (Phi) is 5.77. The van der Waals surface area contributed by atoms with Crippen molar-refractivity contribution in [1.82, 2.24) is 9.97 Å². The van der Waals surface area contributed by atoms with Gasteiger partial charge in [0.2, 0.25) is 5.95 Å². The first kappa shape index (κ1) is 15.9. The summed E-state index contributed by atoms with van der Waals surface area (Å²) in [5.74, 6) is -3.83. The van der Waals surface area contributed by atoms with Gasteiger partial charge in [0.25, 0.3) is 0 Å². The molecular weight excluding hydrogens is 332 g/mol. The molecule has 0 fully saturated rings. The van der Waals surface area contributed by atoms with E-state index in [1.807, 2.05) is 6.92 Å². The molecule has 0 unspecified atom stereocenters. The number of halogens is 5. The third kappa shape index (κ3) is 4.81. The topological polar surface area (TPSA) is 49.8 Å². The van der Waals surface area contributed by atoms with E-state index in [9.17, 15) is 17.6 Å². The van der Waals surface area contributed by atoms with Gasteiger partial charge in [-0.3, -0.25) is 0 Å². The van der Waals surface area contributed by atoms with Crippen LogP contribution in [0, 0.1) is 0 Å². The molecule has 19 heavy (non-hydrogen) atoms. The second kappa shape index (κ2) is 6.88. The molecule has 4 nitrogen and oxygen atoms in total. The van der Waals surface area contributed by atoms with E-state index in [1.54, 1.807) is 0 Å². The zero-order valence-electron chi connectivity index (χ0n) is 10.1. The number of rotatable bonds is 7. The van der Waals surface area contributed by atoms with Crippen molar-refractivity contribution < 1.29 is 17.6 Å². The van der Waals surface area contributed by atoms with Crippen LogP contribution in [0.3, 0.4) is 0 Å². The minimum Gasteiger partial charge on any atom is -0.363 e. The van der Waals surface area contributed by atoms with Crippen LogP contribution in [0.1, 0.15) is 13.3 Å². The first-order valence-corrected chi connectivity index (χ1v) is 6.32. The average Bonchev–Trinajstić information content (AvgIpc) is 2.36. The molecule has 0 saturated carbocycles. The largest absolute Gasteiger partial charge is 0.363 e. The van der Waals surface area contributed by atoms with Gasteiger partial charge in [-0.1, -0.05) is 6.92 Å². The minimum absolute atomic E-state index is 0.0360. The molecule has 9 heteroatoms. The first-order valence-electron chi connectivity index (χ1n) is 5.53. The highest BCUT2D eigenvalue weighted by atomic mass is 79.9. The molecule has 0 radical (unpaired) electrons. The monoisotopic (exact) mass is 344 g/mol. The lowest BCUT2D eigenvalue weighted by molar-refractivity contribution is -0.117. The third-order valence-corrected chi connectivity index (χ3v) is 2.67. The van der Waals surface area contributed by atoms with E-state index >= 15 is 0 Å². The van der Waals surface area contributed by atoms with Gasteiger partial charge in [0, 0.05) is 12.7 Å². The van der Waals surface area contributed by atoms with Crippen molar-refractivity contribution in [2.75, 3.05) is 23.7 Å². The van der Waals surface area contributed by atoms with E-state index in [1.165, 1.54) is 6.20 Å². The molecule has 2 N–H and O–H groups in total. The van der Waals surface area contributed by atoms with Crippen LogP contribution in [0.25, 0.3) is 0 Å². The van der Waals surface area contributed by atoms with Gasteiger partial charge in [0.1, 0.15) is 5.82 Å². The number of alkyl halides is 4. The predicted octanol–water partition coefficient (Wildman–Crippen LogP) is 3.37.